The van der Waals surface area contributed by atoms with Crippen LogP contribution in [0.2, 0.25) is 10.0 Å². The number of esters is 1. The van der Waals surface area contributed by atoms with E-state index in [1.165, 1.54) is 10.9 Å². The minimum absolute atomic E-state index is 0.203. The maximum absolute atomic E-state index is 11.5. The van der Waals surface area contributed by atoms with Crippen molar-refractivity contribution in [1.82, 2.24) is 9.78 Å². The summed E-state index contributed by atoms with van der Waals surface area (Å²) in [5, 5.41) is 15.4. The zero-order chi connectivity index (χ0) is 15.6. The molecule has 0 aliphatic heterocycles. The van der Waals surface area contributed by atoms with Gasteiger partial charge in [-0.2, -0.15) is 4.68 Å². The van der Waals surface area contributed by atoms with Crippen molar-refractivity contribution in [3.8, 4) is 0 Å². The molecule has 0 aliphatic rings. The largest absolute Gasteiger partial charge is 0.465 e. The van der Waals surface area contributed by atoms with Crippen molar-refractivity contribution in [3.05, 3.63) is 55.7 Å². The van der Waals surface area contributed by atoms with E-state index in [2.05, 4.69) is 9.84 Å². The lowest BCUT2D eigenvalue weighted by Crippen LogP contribution is -2.03. The summed E-state index contributed by atoms with van der Waals surface area (Å²) in [4.78, 5) is 21.6. The minimum atomic E-state index is -0.818. The Morgan fingerprint density at radius 1 is 1.43 bits per heavy atom. The highest BCUT2D eigenvalue weighted by atomic mass is 35.5. The number of carbonyl (C=O) groups is 1. The number of hydrogen-bond donors (Lipinski definition) is 0. The van der Waals surface area contributed by atoms with Gasteiger partial charge in [-0.05, 0) is 22.6 Å². The summed E-state index contributed by atoms with van der Waals surface area (Å²) < 4.78 is 5.76. The highest BCUT2D eigenvalue weighted by Gasteiger charge is 2.27. The van der Waals surface area contributed by atoms with Gasteiger partial charge in [0, 0.05) is 0 Å². The number of nitro groups is 1. The zero-order valence-electron chi connectivity index (χ0n) is 10.7. The minimum Gasteiger partial charge on any atom is -0.465 e. The standard InChI is InChI=1S/C12H9Cl2N3O4/c1-21-12(18)8-6-16(15-11(8)17(19)20)5-7-2-3-9(13)10(14)4-7/h2-4,6H,5H2,1H3. The Bertz CT molecular complexity index is 715. The maximum atomic E-state index is 11.5. The Morgan fingerprint density at radius 2 is 2.14 bits per heavy atom. The first-order chi connectivity index (χ1) is 9.92. The van der Waals surface area contributed by atoms with E-state index >= 15 is 0 Å². The van der Waals surface area contributed by atoms with Crippen LogP contribution >= 0.6 is 23.2 Å². The molecule has 0 amide bonds. The number of methoxy groups -OCH3 is 1. The third-order valence-electron chi connectivity index (χ3n) is 2.65. The third kappa shape index (κ3) is 3.32. The Morgan fingerprint density at radius 3 is 2.71 bits per heavy atom. The Labute approximate surface area is 129 Å². The Balaban J connectivity index is 2.34. The smallest absolute Gasteiger partial charge is 0.404 e. The summed E-state index contributed by atoms with van der Waals surface area (Å²) in [6, 6.07) is 4.94. The summed E-state index contributed by atoms with van der Waals surface area (Å²) in [6.07, 6.45) is 1.26. The number of halogens is 2. The normalized spacial score (nSPS) is 10.4. The lowest BCUT2D eigenvalue weighted by molar-refractivity contribution is -0.390. The van der Waals surface area contributed by atoms with E-state index in [0.29, 0.717) is 10.0 Å². The van der Waals surface area contributed by atoms with E-state index in [9.17, 15) is 14.9 Å². The molecule has 9 heteroatoms. The van der Waals surface area contributed by atoms with Crippen LogP contribution < -0.4 is 0 Å². The number of benzene rings is 1. The molecule has 110 valence electrons. The highest BCUT2D eigenvalue weighted by molar-refractivity contribution is 6.42. The van der Waals surface area contributed by atoms with Gasteiger partial charge in [0.05, 0.1) is 35.0 Å². The summed E-state index contributed by atoms with van der Waals surface area (Å²) in [5.41, 5.74) is 0.528. The van der Waals surface area contributed by atoms with Crippen LogP contribution in [-0.4, -0.2) is 27.8 Å². The second-order valence-electron chi connectivity index (χ2n) is 4.06. The van der Waals surface area contributed by atoms with E-state index in [1.807, 2.05) is 0 Å². The van der Waals surface area contributed by atoms with Gasteiger partial charge in [0.1, 0.15) is 0 Å². The van der Waals surface area contributed by atoms with Crippen LogP contribution in [0, 0.1) is 10.1 Å². The molecule has 1 aromatic heterocycles. The molecular weight excluding hydrogens is 321 g/mol. The van der Waals surface area contributed by atoms with Crippen LogP contribution in [0.4, 0.5) is 5.82 Å². The van der Waals surface area contributed by atoms with Crippen molar-refractivity contribution in [3.63, 3.8) is 0 Å². The fourth-order valence-corrected chi connectivity index (χ4v) is 2.03. The number of nitrogens with zero attached hydrogens (tertiary/aromatic N) is 3. The van der Waals surface area contributed by atoms with E-state index < -0.39 is 16.7 Å². The van der Waals surface area contributed by atoms with Crippen LogP contribution in [0.5, 0.6) is 0 Å². The highest BCUT2D eigenvalue weighted by Crippen LogP contribution is 2.23. The average Bonchev–Trinajstić information content (AvgIpc) is 2.86. The molecule has 0 fully saturated rings. The molecule has 1 heterocycles. The number of rotatable bonds is 4. The molecule has 0 atom stereocenters. The first-order valence-corrected chi connectivity index (χ1v) is 6.42. The van der Waals surface area contributed by atoms with E-state index in [0.717, 1.165) is 12.7 Å². The third-order valence-corrected chi connectivity index (χ3v) is 3.39. The van der Waals surface area contributed by atoms with E-state index in [-0.39, 0.29) is 12.1 Å². The van der Waals surface area contributed by atoms with Crippen molar-refractivity contribution < 1.29 is 14.5 Å². The van der Waals surface area contributed by atoms with E-state index in [1.54, 1.807) is 18.2 Å². The van der Waals surface area contributed by atoms with Gasteiger partial charge in [0.2, 0.25) is 0 Å². The van der Waals surface area contributed by atoms with Gasteiger partial charge < -0.3 is 14.9 Å². The van der Waals surface area contributed by atoms with Crippen LogP contribution in [0.15, 0.2) is 24.4 Å². The molecule has 0 spiro atoms. The van der Waals surface area contributed by atoms with Gasteiger partial charge in [0.15, 0.2) is 5.56 Å². The number of carbonyl (C=O) groups excluding carboxylic acids is 1. The van der Waals surface area contributed by atoms with Gasteiger partial charge >= 0.3 is 11.8 Å². The van der Waals surface area contributed by atoms with Gasteiger partial charge in [-0.15, -0.1) is 0 Å². The zero-order valence-corrected chi connectivity index (χ0v) is 12.3. The second kappa shape index (κ2) is 6.11. The van der Waals surface area contributed by atoms with Gasteiger partial charge in [0.25, 0.3) is 0 Å². The number of aromatic nitrogens is 2. The van der Waals surface area contributed by atoms with Gasteiger partial charge in [-0.3, -0.25) is 0 Å². The molecular formula is C12H9Cl2N3O4. The van der Waals surface area contributed by atoms with Crippen LogP contribution in [-0.2, 0) is 11.3 Å². The van der Waals surface area contributed by atoms with Gasteiger partial charge in [-0.1, -0.05) is 29.3 Å². The number of ether oxygens (including phenoxy) is 1. The van der Waals surface area contributed by atoms with Crippen molar-refractivity contribution in [1.29, 1.82) is 0 Å². The van der Waals surface area contributed by atoms with Crippen molar-refractivity contribution >= 4 is 35.0 Å². The SMILES string of the molecule is COC(=O)c1cn(Cc2ccc(Cl)c(Cl)c2)nc1[N+](=O)[O-]. The van der Waals surface area contributed by atoms with Crippen molar-refractivity contribution in [2.75, 3.05) is 7.11 Å². The Kier molecular flexibility index (Phi) is 4.44. The van der Waals surface area contributed by atoms with E-state index in [4.69, 9.17) is 23.2 Å². The molecule has 0 saturated heterocycles. The van der Waals surface area contributed by atoms with Gasteiger partial charge in [-0.25, -0.2) is 4.79 Å². The van der Waals surface area contributed by atoms with Crippen LogP contribution in [0.3, 0.4) is 0 Å². The first-order valence-electron chi connectivity index (χ1n) is 5.66. The summed E-state index contributed by atoms with van der Waals surface area (Å²) in [6.45, 7) is 0.203. The summed E-state index contributed by atoms with van der Waals surface area (Å²) in [7, 11) is 1.14. The predicted octanol–water partition coefficient (Wildman–Crippen LogP) is 2.93. The second-order valence-corrected chi connectivity index (χ2v) is 4.88. The van der Waals surface area contributed by atoms with Crippen LogP contribution in [0.1, 0.15) is 15.9 Å². The molecule has 2 aromatic rings. The lowest BCUT2D eigenvalue weighted by atomic mass is 10.2. The average molecular weight is 330 g/mol. The first kappa shape index (κ1) is 15.3. The fourth-order valence-electron chi connectivity index (χ4n) is 1.71. The number of hydrogen-bond acceptors (Lipinski definition) is 5. The molecule has 0 saturated carbocycles. The monoisotopic (exact) mass is 329 g/mol. The quantitative estimate of drug-likeness (QED) is 0.489. The molecule has 0 N–H and O–H groups in total. The molecule has 0 aliphatic carbocycles. The summed E-state index contributed by atoms with van der Waals surface area (Å²) >= 11 is 11.7. The lowest BCUT2D eigenvalue weighted by Gasteiger charge is -2.00. The molecule has 0 bridgehead atoms. The molecule has 0 unspecified atom stereocenters. The molecule has 1 aromatic carbocycles. The summed E-state index contributed by atoms with van der Waals surface area (Å²) in [5.74, 6) is -1.37. The molecule has 2 rings (SSSR count). The topological polar surface area (TPSA) is 87.3 Å². The van der Waals surface area contributed by atoms with Crippen molar-refractivity contribution in [2.24, 2.45) is 0 Å². The fraction of sp³-hybridized carbons (Fsp3) is 0.167. The Hall–Kier alpha value is -2.12. The predicted molar refractivity (Wildman–Crippen MR) is 75.8 cm³/mol. The molecule has 0 radical (unpaired) electrons. The maximum Gasteiger partial charge on any atom is 0.404 e. The molecule has 21 heavy (non-hydrogen) atoms. The molecule has 7 nitrogen and oxygen atoms in total. The van der Waals surface area contributed by atoms with Crippen molar-refractivity contribution in [2.45, 2.75) is 6.54 Å². The van der Waals surface area contributed by atoms with Crippen LogP contribution in [0.25, 0.3) is 0 Å².